The largest absolute Gasteiger partial charge is 0.314 e. The summed E-state index contributed by atoms with van der Waals surface area (Å²) in [6.07, 6.45) is 6.50. The van der Waals surface area contributed by atoms with Crippen molar-refractivity contribution in [3.8, 4) is 0 Å². The zero-order valence-electron chi connectivity index (χ0n) is 10.5. The summed E-state index contributed by atoms with van der Waals surface area (Å²) in [6.45, 7) is 6.41. The van der Waals surface area contributed by atoms with Gasteiger partial charge in [0, 0.05) is 18.3 Å². The van der Waals surface area contributed by atoms with Crippen molar-refractivity contribution in [3.63, 3.8) is 0 Å². The van der Waals surface area contributed by atoms with Crippen LogP contribution in [0.25, 0.3) is 0 Å². The summed E-state index contributed by atoms with van der Waals surface area (Å²) < 4.78 is 2.13. The zero-order chi connectivity index (χ0) is 11.4. The molecule has 1 aromatic rings. The van der Waals surface area contributed by atoms with Crippen LogP contribution in [0.1, 0.15) is 44.0 Å². The summed E-state index contributed by atoms with van der Waals surface area (Å²) in [5, 5.41) is 8.02. The van der Waals surface area contributed by atoms with Gasteiger partial charge in [-0.15, -0.1) is 0 Å². The van der Waals surface area contributed by atoms with Crippen molar-refractivity contribution in [3.05, 3.63) is 17.5 Å². The van der Waals surface area contributed by atoms with Crippen LogP contribution < -0.4 is 5.32 Å². The van der Waals surface area contributed by atoms with Gasteiger partial charge in [0.2, 0.25) is 0 Å². The Bertz CT molecular complexity index is 326. The first-order chi connectivity index (χ1) is 7.79. The molecule has 1 saturated carbocycles. The van der Waals surface area contributed by atoms with Crippen molar-refractivity contribution in [1.82, 2.24) is 15.1 Å². The van der Waals surface area contributed by atoms with Gasteiger partial charge in [0.25, 0.3) is 0 Å². The first kappa shape index (κ1) is 11.6. The Hall–Kier alpha value is -0.830. The molecular weight excluding hydrogens is 198 g/mol. The molecule has 0 aromatic carbocycles. The lowest BCUT2D eigenvalue weighted by atomic mass is 10.2. The molecule has 0 unspecified atom stereocenters. The number of nitrogens with one attached hydrogen (secondary N) is 1. The summed E-state index contributed by atoms with van der Waals surface area (Å²) >= 11 is 0. The molecule has 3 heteroatoms. The number of nitrogens with zero attached hydrogens (tertiary/aromatic N) is 2. The minimum absolute atomic E-state index is 0.850. The van der Waals surface area contributed by atoms with E-state index in [1.165, 1.54) is 44.3 Å². The van der Waals surface area contributed by atoms with E-state index in [-0.39, 0.29) is 0 Å². The molecule has 0 saturated heterocycles. The monoisotopic (exact) mass is 221 g/mol. The van der Waals surface area contributed by atoms with Crippen LogP contribution in [0.5, 0.6) is 0 Å². The smallest absolute Gasteiger partial charge is 0.0596 e. The summed E-state index contributed by atoms with van der Waals surface area (Å²) in [5.41, 5.74) is 2.54. The molecule has 0 bridgehead atoms. The molecule has 1 aliphatic carbocycles. The standard InChI is InChI=1S/C13H23N3/c1-3-16-13(10-11(2)15-16)6-4-5-9-14-12-7-8-12/h10,12,14H,3-9H2,1-2H3. The Morgan fingerprint density at radius 1 is 1.44 bits per heavy atom. The third-order valence-corrected chi connectivity index (χ3v) is 3.16. The Morgan fingerprint density at radius 3 is 2.94 bits per heavy atom. The minimum Gasteiger partial charge on any atom is -0.314 e. The summed E-state index contributed by atoms with van der Waals surface area (Å²) in [4.78, 5) is 0. The van der Waals surface area contributed by atoms with Gasteiger partial charge < -0.3 is 5.32 Å². The van der Waals surface area contributed by atoms with Gasteiger partial charge in [-0.2, -0.15) is 5.10 Å². The van der Waals surface area contributed by atoms with Crippen molar-refractivity contribution >= 4 is 0 Å². The number of hydrogen-bond donors (Lipinski definition) is 1. The van der Waals surface area contributed by atoms with Gasteiger partial charge in [-0.25, -0.2) is 0 Å². The number of hydrogen-bond acceptors (Lipinski definition) is 2. The number of unbranched alkanes of at least 4 members (excludes halogenated alkanes) is 1. The van der Waals surface area contributed by atoms with Crippen LogP contribution in [0, 0.1) is 6.92 Å². The third kappa shape index (κ3) is 3.34. The van der Waals surface area contributed by atoms with Gasteiger partial charge in [-0.05, 0) is 58.6 Å². The van der Waals surface area contributed by atoms with Gasteiger partial charge in [0.15, 0.2) is 0 Å². The number of aromatic nitrogens is 2. The van der Waals surface area contributed by atoms with E-state index in [1.54, 1.807) is 0 Å². The first-order valence-electron chi connectivity index (χ1n) is 6.56. The quantitative estimate of drug-likeness (QED) is 0.716. The molecule has 1 heterocycles. The van der Waals surface area contributed by atoms with Crippen molar-refractivity contribution in [2.24, 2.45) is 0 Å². The molecule has 0 atom stereocenters. The van der Waals surface area contributed by atoms with E-state index in [0.717, 1.165) is 18.3 Å². The van der Waals surface area contributed by atoms with Crippen LogP contribution in [0.15, 0.2) is 6.07 Å². The van der Waals surface area contributed by atoms with E-state index in [9.17, 15) is 0 Å². The SMILES string of the molecule is CCn1nc(C)cc1CCCCNC1CC1. The lowest BCUT2D eigenvalue weighted by Gasteiger charge is -2.05. The van der Waals surface area contributed by atoms with Crippen molar-refractivity contribution in [1.29, 1.82) is 0 Å². The second kappa shape index (κ2) is 5.48. The molecule has 90 valence electrons. The lowest BCUT2D eigenvalue weighted by molar-refractivity contribution is 0.579. The third-order valence-electron chi connectivity index (χ3n) is 3.16. The van der Waals surface area contributed by atoms with Gasteiger partial charge in [0.05, 0.1) is 5.69 Å². The van der Waals surface area contributed by atoms with Crippen LogP contribution >= 0.6 is 0 Å². The molecule has 1 fully saturated rings. The molecule has 1 N–H and O–H groups in total. The highest BCUT2D eigenvalue weighted by molar-refractivity contribution is 5.08. The van der Waals surface area contributed by atoms with Crippen molar-refractivity contribution < 1.29 is 0 Å². The maximum Gasteiger partial charge on any atom is 0.0596 e. The van der Waals surface area contributed by atoms with E-state index in [1.807, 2.05) is 0 Å². The second-order valence-corrected chi connectivity index (χ2v) is 4.78. The van der Waals surface area contributed by atoms with Gasteiger partial charge in [-0.3, -0.25) is 4.68 Å². The highest BCUT2D eigenvalue weighted by Crippen LogP contribution is 2.18. The zero-order valence-corrected chi connectivity index (χ0v) is 10.5. The fourth-order valence-electron chi connectivity index (χ4n) is 2.10. The highest BCUT2D eigenvalue weighted by Gasteiger charge is 2.19. The van der Waals surface area contributed by atoms with Crippen LogP contribution in [0.2, 0.25) is 0 Å². The molecule has 2 rings (SSSR count). The van der Waals surface area contributed by atoms with E-state index < -0.39 is 0 Å². The normalized spacial score (nSPS) is 15.6. The molecule has 0 aliphatic heterocycles. The van der Waals surface area contributed by atoms with E-state index in [2.05, 4.69) is 35.0 Å². The topological polar surface area (TPSA) is 29.9 Å². The predicted molar refractivity (Wildman–Crippen MR) is 66.6 cm³/mol. The fraction of sp³-hybridized carbons (Fsp3) is 0.769. The number of rotatable bonds is 7. The maximum absolute atomic E-state index is 4.47. The Balaban J connectivity index is 1.66. The highest BCUT2D eigenvalue weighted by atomic mass is 15.3. The van der Waals surface area contributed by atoms with Crippen LogP contribution in [-0.2, 0) is 13.0 Å². The number of aryl methyl sites for hydroxylation is 3. The Labute approximate surface area is 98.2 Å². The Morgan fingerprint density at radius 2 is 2.25 bits per heavy atom. The van der Waals surface area contributed by atoms with Crippen molar-refractivity contribution in [2.45, 2.75) is 58.5 Å². The summed E-state index contributed by atoms with van der Waals surface area (Å²) in [6, 6.07) is 3.07. The fourth-order valence-corrected chi connectivity index (χ4v) is 2.10. The van der Waals surface area contributed by atoms with Gasteiger partial charge in [-0.1, -0.05) is 0 Å². The van der Waals surface area contributed by atoms with Gasteiger partial charge >= 0.3 is 0 Å². The second-order valence-electron chi connectivity index (χ2n) is 4.78. The van der Waals surface area contributed by atoms with Crippen LogP contribution in [0.4, 0.5) is 0 Å². The van der Waals surface area contributed by atoms with Gasteiger partial charge in [0.1, 0.15) is 0 Å². The first-order valence-corrected chi connectivity index (χ1v) is 6.56. The predicted octanol–water partition coefficient (Wildman–Crippen LogP) is 2.29. The van der Waals surface area contributed by atoms with Crippen LogP contribution in [0.3, 0.4) is 0 Å². The average Bonchev–Trinajstić information content (AvgIpc) is 3.01. The van der Waals surface area contributed by atoms with E-state index in [4.69, 9.17) is 0 Å². The Kier molecular flexibility index (Phi) is 3.99. The molecule has 3 nitrogen and oxygen atoms in total. The van der Waals surface area contributed by atoms with Crippen molar-refractivity contribution in [2.75, 3.05) is 6.54 Å². The molecule has 0 amide bonds. The van der Waals surface area contributed by atoms with E-state index in [0.29, 0.717) is 0 Å². The molecular formula is C13H23N3. The van der Waals surface area contributed by atoms with E-state index >= 15 is 0 Å². The molecule has 1 aliphatic rings. The average molecular weight is 221 g/mol. The summed E-state index contributed by atoms with van der Waals surface area (Å²) in [5.74, 6) is 0. The molecule has 0 radical (unpaired) electrons. The molecule has 16 heavy (non-hydrogen) atoms. The molecule has 0 spiro atoms. The lowest BCUT2D eigenvalue weighted by Crippen LogP contribution is -2.17. The summed E-state index contributed by atoms with van der Waals surface area (Å²) in [7, 11) is 0. The van der Waals surface area contributed by atoms with Crippen LogP contribution in [-0.4, -0.2) is 22.4 Å². The molecule has 1 aromatic heterocycles. The minimum atomic E-state index is 0.850. The maximum atomic E-state index is 4.47.